The molecule has 2 aromatic heterocycles. The highest BCUT2D eigenvalue weighted by atomic mass is 35.5. The van der Waals surface area contributed by atoms with Gasteiger partial charge in [0.2, 0.25) is 5.89 Å². The summed E-state index contributed by atoms with van der Waals surface area (Å²) in [5.74, 6) is 0.699. The molecule has 130 valence electrons. The Hall–Kier alpha value is -2.05. The van der Waals surface area contributed by atoms with E-state index in [1.807, 2.05) is 12.1 Å². The fraction of sp³-hybridized carbons (Fsp3) is 0.444. The Kier molecular flexibility index (Phi) is 3.68. The standard InChI is InChI=1S/C18H20ClN5O/c19-15-4-3-5-16-14(15)10-13-11-22(8-9-24(13)16)12-17-20-21-18(25-17)23-6-1-2-7-23/h3-5,10H,1-2,6-9,11-12H2. The normalized spacial score (nSPS) is 18.2. The van der Waals surface area contributed by atoms with Gasteiger partial charge in [0.1, 0.15) is 0 Å². The van der Waals surface area contributed by atoms with Gasteiger partial charge in [-0.3, -0.25) is 4.90 Å². The Morgan fingerprint density at radius 3 is 2.84 bits per heavy atom. The van der Waals surface area contributed by atoms with Crippen LogP contribution < -0.4 is 4.90 Å². The number of fused-ring (bicyclic) bond motifs is 3. The molecule has 0 N–H and O–H groups in total. The predicted molar refractivity (Wildman–Crippen MR) is 96.8 cm³/mol. The number of anilines is 1. The average Bonchev–Trinajstić information content (AvgIpc) is 3.34. The van der Waals surface area contributed by atoms with E-state index < -0.39 is 0 Å². The highest BCUT2D eigenvalue weighted by Crippen LogP contribution is 2.30. The van der Waals surface area contributed by atoms with Crippen molar-refractivity contribution in [2.24, 2.45) is 0 Å². The minimum atomic E-state index is 0.672. The Labute approximate surface area is 151 Å². The van der Waals surface area contributed by atoms with Gasteiger partial charge < -0.3 is 13.9 Å². The molecule has 0 saturated carbocycles. The molecule has 25 heavy (non-hydrogen) atoms. The molecule has 0 spiro atoms. The van der Waals surface area contributed by atoms with E-state index in [0.29, 0.717) is 18.5 Å². The summed E-state index contributed by atoms with van der Waals surface area (Å²) < 4.78 is 8.23. The van der Waals surface area contributed by atoms with E-state index in [2.05, 4.69) is 36.7 Å². The zero-order valence-corrected chi connectivity index (χ0v) is 14.7. The Morgan fingerprint density at radius 1 is 1.08 bits per heavy atom. The second-order valence-electron chi connectivity index (χ2n) is 6.84. The minimum absolute atomic E-state index is 0.672. The minimum Gasteiger partial charge on any atom is -0.407 e. The van der Waals surface area contributed by atoms with E-state index in [-0.39, 0.29) is 0 Å². The molecule has 1 fully saturated rings. The maximum Gasteiger partial charge on any atom is 0.318 e. The van der Waals surface area contributed by atoms with Crippen molar-refractivity contribution in [2.75, 3.05) is 24.5 Å². The van der Waals surface area contributed by atoms with Crippen LogP contribution in [0.2, 0.25) is 5.02 Å². The largest absolute Gasteiger partial charge is 0.407 e. The van der Waals surface area contributed by atoms with Gasteiger partial charge in [-0.25, -0.2) is 0 Å². The van der Waals surface area contributed by atoms with Gasteiger partial charge in [0.15, 0.2) is 0 Å². The third kappa shape index (κ3) is 2.69. The lowest BCUT2D eigenvalue weighted by Crippen LogP contribution is -2.32. The molecule has 4 heterocycles. The number of aromatic nitrogens is 3. The predicted octanol–water partition coefficient (Wildman–Crippen LogP) is 3.29. The highest BCUT2D eigenvalue weighted by molar-refractivity contribution is 6.35. The first-order valence-electron chi connectivity index (χ1n) is 8.84. The molecule has 7 heteroatoms. The van der Waals surface area contributed by atoms with Gasteiger partial charge in [-0.05, 0) is 31.0 Å². The van der Waals surface area contributed by atoms with Crippen molar-refractivity contribution in [3.8, 4) is 0 Å². The molecular formula is C18H20ClN5O. The molecule has 2 aliphatic heterocycles. The molecule has 2 aliphatic rings. The van der Waals surface area contributed by atoms with Crippen LogP contribution in [0.3, 0.4) is 0 Å². The summed E-state index contributed by atoms with van der Waals surface area (Å²) in [4.78, 5) is 4.52. The first-order valence-corrected chi connectivity index (χ1v) is 9.22. The summed E-state index contributed by atoms with van der Waals surface area (Å²) >= 11 is 6.34. The Morgan fingerprint density at radius 2 is 1.96 bits per heavy atom. The van der Waals surface area contributed by atoms with Crippen LogP contribution in [0.15, 0.2) is 28.7 Å². The number of hydrogen-bond donors (Lipinski definition) is 0. The summed E-state index contributed by atoms with van der Waals surface area (Å²) in [5.41, 5.74) is 2.50. The van der Waals surface area contributed by atoms with Gasteiger partial charge in [-0.15, -0.1) is 5.10 Å². The van der Waals surface area contributed by atoms with Crippen LogP contribution in [0.1, 0.15) is 24.4 Å². The zero-order valence-electron chi connectivity index (χ0n) is 14.0. The van der Waals surface area contributed by atoms with Crippen LogP contribution in [0, 0.1) is 0 Å². The number of halogens is 1. The topological polar surface area (TPSA) is 50.3 Å². The van der Waals surface area contributed by atoms with Crippen LogP contribution in [0.25, 0.3) is 10.9 Å². The summed E-state index contributed by atoms with van der Waals surface area (Å²) in [6, 6.07) is 8.98. The molecule has 1 saturated heterocycles. The van der Waals surface area contributed by atoms with Crippen molar-refractivity contribution >= 4 is 28.5 Å². The third-order valence-corrected chi connectivity index (χ3v) is 5.53. The molecule has 6 nitrogen and oxygen atoms in total. The molecule has 5 rings (SSSR count). The second kappa shape index (κ2) is 6.04. The molecule has 3 aromatic rings. The van der Waals surface area contributed by atoms with Crippen molar-refractivity contribution in [1.29, 1.82) is 0 Å². The number of hydrogen-bond acceptors (Lipinski definition) is 5. The van der Waals surface area contributed by atoms with Gasteiger partial charge in [-0.1, -0.05) is 22.8 Å². The second-order valence-corrected chi connectivity index (χ2v) is 7.25. The molecule has 0 bridgehead atoms. The molecule has 1 aromatic carbocycles. The first kappa shape index (κ1) is 15.2. The van der Waals surface area contributed by atoms with E-state index in [9.17, 15) is 0 Å². The van der Waals surface area contributed by atoms with Gasteiger partial charge in [0.25, 0.3) is 0 Å². The summed E-state index contributed by atoms with van der Waals surface area (Å²) in [6.45, 7) is 5.51. The van der Waals surface area contributed by atoms with Crippen LogP contribution >= 0.6 is 11.6 Å². The fourth-order valence-electron chi connectivity index (χ4n) is 3.92. The summed E-state index contributed by atoms with van der Waals surface area (Å²) in [7, 11) is 0. The smallest absolute Gasteiger partial charge is 0.318 e. The fourth-order valence-corrected chi connectivity index (χ4v) is 4.14. The van der Waals surface area contributed by atoms with Crippen LogP contribution in [0.4, 0.5) is 6.01 Å². The lowest BCUT2D eigenvalue weighted by atomic mass is 10.2. The number of rotatable bonds is 3. The molecule has 0 amide bonds. The zero-order chi connectivity index (χ0) is 16.8. The SMILES string of the molecule is Clc1cccc2c1cc1n2CCN(Cc2nnc(N3CCCC3)o2)C1. The average molecular weight is 358 g/mol. The molecule has 0 aliphatic carbocycles. The highest BCUT2D eigenvalue weighted by Gasteiger charge is 2.23. The molecular weight excluding hydrogens is 338 g/mol. The molecule has 0 atom stereocenters. The Balaban J connectivity index is 1.34. The van der Waals surface area contributed by atoms with E-state index >= 15 is 0 Å². The van der Waals surface area contributed by atoms with E-state index in [1.165, 1.54) is 24.1 Å². The maximum absolute atomic E-state index is 6.34. The van der Waals surface area contributed by atoms with Crippen LogP contribution in [-0.2, 0) is 19.6 Å². The van der Waals surface area contributed by atoms with Crippen molar-refractivity contribution < 1.29 is 4.42 Å². The van der Waals surface area contributed by atoms with Gasteiger partial charge >= 0.3 is 6.01 Å². The number of benzene rings is 1. The maximum atomic E-state index is 6.34. The summed E-state index contributed by atoms with van der Waals surface area (Å²) in [6.07, 6.45) is 2.41. The quantitative estimate of drug-likeness (QED) is 0.720. The number of nitrogens with zero attached hydrogens (tertiary/aromatic N) is 5. The van der Waals surface area contributed by atoms with Gasteiger partial charge in [0, 0.05) is 54.3 Å². The lowest BCUT2D eigenvalue weighted by Gasteiger charge is -2.27. The molecule has 0 unspecified atom stereocenters. The molecule has 0 radical (unpaired) electrons. The van der Waals surface area contributed by atoms with E-state index in [0.717, 1.165) is 43.1 Å². The van der Waals surface area contributed by atoms with Crippen molar-refractivity contribution in [1.82, 2.24) is 19.7 Å². The van der Waals surface area contributed by atoms with Gasteiger partial charge in [0.05, 0.1) is 6.54 Å². The van der Waals surface area contributed by atoms with Crippen LogP contribution in [-0.4, -0.2) is 39.3 Å². The van der Waals surface area contributed by atoms with E-state index in [1.54, 1.807) is 0 Å². The lowest BCUT2D eigenvalue weighted by molar-refractivity contribution is 0.196. The van der Waals surface area contributed by atoms with Gasteiger partial charge in [-0.2, -0.15) is 0 Å². The monoisotopic (exact) mass is 357 g/mol. The Bertz CT molecular complexity index is 911. The summed E-state index contributed by atoms with van der Waals surface area (Å²) in [5, 5.41) is 10.4. The van der Waals surface area contributed by atoms with Crippen molar-refractivity contribution in [3.63, 3.8) is 0 Å². The third-order valence-electron chi connectivity index (χ3n) is 5.20. The van der Waals surface area contributed by atoms with Crippen molar-refractivity contribution in [3.05, 3.63) is 40.9 Å². The van der Waals surface area contributed by atoms with Crippen molar-refractivity contribution in [2.45, 2.75) is 32.5 Å². The van der Waals surface area contributed by atoms with Crippen LogP contribution in [0.5, 0.6) is 0 Å². The van der Waals surface area contributed by atoms with E-state index in [4.69, 9.17) is 16.0 Å². The first-order chi connectivity index (χ1) is 12.3.